The summed E-state index contributed by atoms with van der Waals surface area (Å²) >= 11 is 0.830. The Labute approximate surface area is 125 Å². The molecule has 0 radical (unpaired) electrons. The Morgan fingerprint density at radius 1 is 1.24 bits per heavy atom. The number of carboxylic acid groups (broad SMARTS) is 1. The molecule has 0 unspecified atom stereocenters. The highest BCUT2D eigenvalue weighted by atomic mass is 32.2. The molecule has 0 aliphatic carbocycles. The van der Waals surface area contributed by atoms with Gasteiger partial charge in [-0.3, -0.25) is 9.52 Å². The normalized spacial score (nSPS) is 11.1. The lowest BCUT2D eigenvalue weighted by molar-refractivity contribution is 0.0698. The van der Waals surface area contributed by atoms with Gasteiger partial charge in [0.15, 0.2) is 5.78 Å². The second-order valence-corrected chi connectivity index (χ2v) is 6.73. The van der Waals surface area contributed by atoms with Gasteiger partial charge in [-0.2, -0.15) is 0 Å². The Balaban J connectivity index is 2.38. The third-order valence-electron chi connectivity index (χ3n) is 2.63. The van der Waals surface area contributed by atoms with Crippen LogP contribution in [0.15, 0.2) is 40.6 Å². The lowest BCUT2D eigenvalue weighted by Gasteiger charge is -2.08. The Morgan fingerprint density at radius 3 is 2.57 bits per heavy atom. The van der Waals surface area contributed by atoms with Gasteiger partial charge in [0.05, 0.1) is 0 Å². The number of sulfonamides is 1. The SMILES string of the molecule is CC(=O)c1cccc(NS(=O)(=O)c2ccsc2C(=O)O)c1. The zero-order valence-corrected chi connectivity index (χ0v) is 12.5. The standard InChI is InChI=1S/C13H11NO5S2/c1-8(15)9-3-2-4-10(7-9)14-21(18,19)11-5-6-20-12(11)13(16)17/h2-7,14H,1H3,(H,16,17). The molecule has 0 spiro atoms. The monoisotopic (exact) mass is 325 g/mol. The quantitative estimate of drug-likeness (QED) is 0.822. The van der Waals surface area contributed by atoms with Crippen molar-refractivity contribution in [2.24, 2.45) is 0 Å². The Morgan fingerprint density at radius 2 is 1.95 bits per heavy atom. The van der Waals surface area contributed by atoms with E-state index in [9.17, 15) is 18.0 Å². The average molecular weight is 325 g/mol. The van der Waals surface area contributed by atoms with Crippen molar-refractivity contribution in [1.29, 1.82) is 0 Å². The van der Waals surface area contributed by atoms with Gasteiger partial charge in [0.25, 0.3) is 10.0 Å². The number of aromatic carboxylic acids is 1. The van der Waals surface area contributed by atoms with Crippen LogP contribution >= 0.6 is 11.3 Å². The summed E-state index contributed by atoms with van der Waals surface area (Å²) in [7, 11) is -4.02. The van der Waals surface area contributed by atoms with E-state index in [1.807, 2.05) is 0 Å². The number of nitrogens with one attached hydrogen (secondary N) is 1. The van der Waals surface area contributed by atoms with E-state index in [4.69, 9.17) is 5.11 Å². The Bertz CT molecular complexity index is 807. The molecule has 0 saturated heterocycles. The number of rotatable bonds is 5. The third kappa shape index (κ3) is 3.29. The number of hydrogen-bond donors (Lipinski definition) is 2. The van der Waals surface area contributed by atoms with Crippen LogP contribution in [0, 0.1) is 0 Å². The molecule has 0 bridgehead atoms. The molecule has 2 N–H and O–H groups in total. The first-order valence-electron chi connectivity index (χ1n) is 5.76. The molecule has 1 aromatic heterocycles. The van der Waals surface area contributed by atoms with Gasteiger partial charge in [-0.05, 0) is 30.5 Å². The molecule has 0 amide bonds. The zero-order valence-electron chi connectivity index (χ0n) is 10.9. The maximum atomic E-state index is 12.2. The fraction of sp³-hybridized carbons (Fsp3) is 0.0769. The van der Waals surface area contributed by atoms with Crippen LogP contribution in [0.2, 0.25) is 0 Å². The maximum absolute atomic E-state index is 12.2. The third-order valence-corrected chi connectivity index (χ3v) is 5.09. The number of anilines is 1. The number of ketones is 1. The van der Waals surface area contributed by atoms with E-state index in [0.717, 1.165) is 11.3 Å². The molecule has 0 aliphatic rings. The summed E-state index contributed by atoms with van der Waals surface area (Å²) in [6.07, 6.45) is 0. The maximum Gasteiger partial charge on any atom is 0.347 e. The predicted molar refractivity (Wildman–Crippen MR) is 78.5 cm³/mol. The molecular weight excluding hydrogens is 314 g/mol. The highest BCUT2D eigenvalue weighted by Gasteiger charge is 2.23. The van der Waals surface area contributed by atoms with Gasteiger partial charge in [-0.25, -0.2) is 13.2 Å². The van der Waals surface area contributed by atoms with E-state index >= 15 is 0 Å². The number of carbonyl (C=O) groups is 2. The van der Waals surface area contributed by atoms with Crippen molar-refractivity contribution in [3.8, 4) is 0 Å². The first-order chi connectivity index (χ1) is 9.81. The lowest BCUT2D eigenvalue weighted by atomic mass is 10.1. The highest BCUT2D eigenvalue weighted by molar-refractivity contribution is 7.93. The second-order valence-electron chi connectivity index (χ2n) is 4.16. The van der Waals surface area contributed by atoms with E-state index in [2.05, 4.69) is 4.72 Å². The average Bonchev–Trinajstić information content (AvgIpc) is 2.88. The van der Waals surface area contributed by atoms with Crippen LogP contribution in [-0.4, -0.2) is 25.3 Å². The summed E-state index contributed by atoms with van der Waals surface area (Å²) in [5, 5.41) is 10.4. The van der Waals surface area contributed by atoms with Crippen LogP contribution < -0.4 is 4.72 Å². The fourth-order valence-electron chi connectivity index (χ4n) is 1.68. The zero-order chi connectivity index (χ0) is 15.6. The molecular formula is C13H11NO5S2. The first kappa shape index (κ1) is 15.2. The summed E-state index contributed by atoms with van der Waals surface area (Å²) in [4.78, 5) is 21.7. The number of hydrogen-bond acceptors (Lipinski definition) is 5. The Hall–Kier alpha value is -2.19. The molecule has 21 heavy (non-hydrogen) atoms. The van der Waals surface area contributed by atoms with Gasteiger partial charge < -0.3 is 5.11 Å². The van der Waals surface area contributed by atoms with Crippen molar-refractivity contribution < 1.29 is 23.1 Å². The largest absolute Gasteiger partial charge is 0.477 e. The van der Waals surface area contributed by atoms with E-state index in [-0.39, 0.29) is 21.2 Å². The van der Waals surface area contributed by atoms with Gasteiger partial charge >= 0.3 is 5.97 Å². The summed E-state index contributed by atoms with van der Waals surface area (Å²) in [6.45, 7) is 1.37. The minimum absolute atomic E-state index is 0.196. The number of Topliss-reactive ketones (excluding diaryl/α,β-unsaturated/α-hetero) is 1. The number of carboxylic acids is 1. The van der Waals surface area contributed by atoms with Gasteiger partial charge in [0, 0.05) is 11.3 Å². The molecule has 1 aromatic carbocycles. The number of benzene rings is 1. The summed E-state index contributed by atoms with van der Waals surface area (Å²) in [6, 6.07) is 7.21. The van der Waals surface area contributed by atoms with Gasteiger partial charge in [0.1, 0.15) is 9.77 Å². The van der Waals surface area contributed by atoms with Gasteiger partial charge in [0.2, 0.25) is 0 Å². The van der Waals surface area contributed by atoms with Crippen LogP contribution in [0.1, 0.15) is 27.0 Å². The lowest BCUT2D eigenvalue weighted by Crippen LogP contribution is -2.15. The summed E-state index contributed by atoms with van der Waals surface area (Å²) in [5.74, 6) is -1.50. The Kier molecular flexibility index (Phi) is 4.10. The van der Waals surface area contributed by atoms with E-state index in [1.54, 1.807) is 12.1 Å². The molecule has 8 heteroatoms. The number of thiophene rings is 1. The topological polar surface area (TPSA) is 101 Å². The molecule has 2 rings (SSSR count). The minimum atomic E-state index is -4.02. The first-order valence-corrected chi connectivity index (χ1v) is 8.12. The fourth-order valence-corrected chi connectivity index (χ4v) is 3.99. The van der Waals surface area contributed by atoms with E-state index in [0.29, 0.717) is 5.56 Å². The van der Waals surface area contributed by atoms with Crippen molar-refractivity contribution in [3.05, 3.63) is 46.2 Å². The van der Waals surface area contributed by atoms with E-state index in [1.165, 1.54) is 30.5 Å². The van der Waals surface area contributed by atoms with Crippen LogP contribution in [0.5, 0.6) is 0 Å². The van der Waals surface area contributed by atoms with Gasteiger partial charge in [-0.1, -0.05) is 12.1 Å². The summed E-state index contributed by atoms with van der Waals surface area (Å²) in [5.41, 5.74) is 0.559. The molecule has 1 heterocycles. The van der Waals surface area contributed by atoms with E-state index < -0.39 is 16.0 Å². The molecule has 2 aromatic rings. The molecule has 0 saturated carbocycles. The molecule has 0 aliphatic heterocycles. The van der Waals surface area contributed by atoms with Crippen molar-refractivity contribution >= 4 is 38.8 Å². The van der Waals surface area contributed by atoms with Crippen molar-refractivity contribution in [2.45, 2.75) is 11.8 Å². The van der Waals surface area contributed by atoms with Crippen molar-refractivity contribution in [3.63, 3.8) is 0 Å². The molecule has 110 valence electrons. The highest BCUT2D eigenvalue weighted by Crippen LogP contribution is 2.24. The van der Waals surface area contributed by atoms with Crippen LogP contribution in [0.25, 0.3) is 0 Å². The van der Waals surface area contributed by atoms with Crippen LogP contribution in [-0.2, 0) is 10.0 Å². The minimum Gasteiger partial charge on any atom is -0.477 e. The second kappa shape index (κ2) is 5.66. The molecule has 0 fully saturated rings. The summed E-state index contributed by atoms with van der Waals surface area (Å²) < 4.78 is 26.7. The van der Waals surface area contributed by atoms with Crippen molar-refractivity contribution in [2.75, 3.05) is 4.72 Å². The number of carbonyl (C=O) groups excluding carboxylic acids is 1. The predicted octanol–water partition coefficient (Wildman–Crippen LogP) is 2.45. The smallest absolute Gasteiger partial charge is 0.347 e. The van der Waals surface area contributed by atoms with Gasteiger partial charge in [-0.15, -0.1) is 11.3 Å². The van der Waals surface area contributed by atoms with Crippen molar-refractivity contribution in [1.82, 2.24) is 0 Å². The van der Waals surface area contributed by atoms with Crippen LogP contribution in [0.3, 0.4) is 0 Å². The molecule has 0 atom stereocenters. The molecule has 6 nitrogen and oxygen atoms in total. The van der Waals surface area contributed by atoms with Crippen LogP contribution in [0.4, 0.5) is 5.69 Å².